The number of carbonyl (C=O) groups excluding carboxylic acids is 2. The maximum atomic E-state index is 12.3. The number of carbonyl (C=O) groups is 2. The molecule has 146 valence electrons. The van der Waals surface area contributed by atoms with E-state index in [-0.39, 0.29) is 11.8 Å². The van der Waals surface area contributed by atoms with E-state index < -0.39 is 0 Å². The molecule has 5 nitrogen and oxygen atoms in total. The molecule has 0 saturated heterocycles. The van der Waals surface area contributed by atoms with Crippen LogP contribution in [0, 0.1) is 0 Å². The van der Waals surface area contributed by atoms with Crippen LogP contribution in [0.15, 0.2) is 54.7 Å². The third-order valence-corrected chi connectivity index (χ3v) is 5.01. The van der Waals surface area contributed by atoms with Gasteiger partial charge in [0, 0.05) is 48.7 Å². The summed E-state index contributed by atoms with van der Waals surface area (Å²) in [6.45, 7) is 3.08. The zero-order valence-electron chi connectivity index (χ0n) is 15.9. The van der Waals surface area contributed by atoms with E-state index >= 15 is 0 Å². The van der Waals surface area contributed by atoms with E-state index in [0.29, 0.717) is 31.1 Å². The molecular formula is C22H24ClN3O2. The summed E-state index contributed by atoms with van der Waals surface area (Å²) in [4.78, 5) is 29.1. The third kappa shape index (κ3) is 5.36. The smallest absolute Gasteiger partial charge is 0.224 e. The summed E-state index contributed by atoms with van der Waals surface area (Å²) < 4.78 is 0. The van der Waals surface area contributed by atoms with Crippen molar-refractivity contribution in [2.75, 3.05) is 19.6 Å². The second-order valence-electron chi connectivity index (χ2n) is 6.77. The van der Waals surface area contributed by atoms with E-state index in [2.05, 4.69) is 10.3 Å². The molecule has 0 radical (unpaired) electrons. The van der Waals surface area contributed by atoms with Gasteiger partial charge in [-0.15, -0.1) is 0 Å². The van der Waals surface area contributed by atoms with Crippen LogP contribution in [-0.4, -0.2) is 41.3 Å². The van der Waals surface area contributed by atoms with E-state index in [1.165, 1.54) is 0 Å². The number of halogens is 1. The molecule has 3 rings (SSSR count). The van der Waals surface area contributed by atoms with Gasteiger partial charge in [0.25, 0.3) is 0 Å². The zero-order chi connectivity index (χ0) is 19.9. The Labute approximate surface area is 169 Å². The molecule has 0 aliphatic carbocycles. The lowest BCUT2D eigenvalue weighted by atomic mass is 10.1. The number of aromatic amines is 1. The number of nitrogens with zero attached hydrogens (tertiary/aromatic N) is 1. The van der Waals surface area contributed by atoms with Crippen LogP contribution in [0.1, 0.15) is 18.1 Å². The van der Waals surface area contributed by atoms with Crippen molar-refractivity contribution in [1.29, 1.82) is 0 Å². The lowest BCUT2D eigenvalue weighted by molar-refractivity contribution is -0.129. The second kappa shape index (κ2) is 9.42. The molecule has 2 N–H and O–H groups in total. The molecule has 0 atom stereocenters. The Morgan fingerprint density at radius 2 is 1.82 bits per heavy atom. The molecule has 0 aliphatic rings. The molecule has 0 fully saturated rings. The first kappa shape index (κ1) is 20.0. The minimum Gasteiger partial charge on any atom is -0.361 e. The van der Waals surface area contributed by atoms with E-state index in [1.807, 2.05) is 54.7 Å². The number of nitrogens with one attached hydrogen (secondary N) is 2. The van der Waals surface area contributed by atoms with Crippen LogP contribution in [0.3, 0.4) is 0 Å². The molecule has 0 spiro atoms. The topological polar surface area (TPSA) is 65.2 Å². The first-order chi connectivity index (χ1) is 13.5. The third-order valence-electron chi connectivity index (χ3n) is 4.76. The van der Waals surface area contributed by atoms with Crippen LogP contribution >= 0.6 is 11.6 Å². The van der Waals surface area contributed by atoms with E-state index in [0.717, 1.165) is 28.5 Å². The quantitative estimate of drug-likeness (QED) is 0.610. The highest BCUT2D eigenvalue weighted by Crippen LogP contribution is 2.17. The molecule has 0 bridgehead atoms. The van der Waals surface area contributed by atoms with E-state index in [9.17, 15) is 9.59 Å². The maximum Gasteiger partial charge on any atom is 0.224 e. The fourth-order valence-corrected chi connectivity index (χ4v) is 3.31. The summed E-state index contributed by atoms with van der Waals surface area (Å²) in [6, 6.07) is 15.5. The Morgan fingerprint density at radius 3 is 2.57 bits per heavy atom. The Morgan fingerprint density at radius 1 is 1.07 bits per heavy atom. The first-order valence-corrected chi connectivity index (χ1v) is 9.72. The van der Waals surface area contributed by atoms with Crippen molar-refractivity contribution in [3.63, 3.8) is 0 Å². The summed E-state index contributed by atoms with van der Waals surface area (Å²) in [5.41, 5.74) is 3.12. The molecule has 6 heteroatoms. The normalized spacial score (nSPS) is 10.8. The average Bonchev–Trinajstić information content (AvgIpc) is 3.08. The average molecular weight is 398 g/mol. The molecule has 0 saturated carbocycles. The second-order valence-corrected chi connectivity index (χ2v) is 7.21. The van der Waals surface area contributed by atoms with Crippen molar-refractivity contribution in [2.24, 2.45) is 0 Å². The molecule has 0 aliphatic heterocycles. The van der Waals surface area contributed by atoms with Gasteiger partial charge in [-0.05, 0) is 35.7 Å². The lowest BCUT2D eigenvalue weighted by Gasteiger charge is -2.21. The molecule has 2 amide bonds. The Hall–Kier alpha value is -2.79. The molecule has 0 unspecified atom stereocenters. The monoisotopic (exact) mass is 397 g/mol. The molecule has 1 heterocycles. The molecular weight excluding hydrogens is 374 g/mol. The van der Waals surface area contributed by atoms with Crippen LogP contribution in [0.5, 0.6) is 0 Å². The zero-order valence-corrected chi connectivity index (χ0v) is 16.6. The van der Waals surface area contributed by atoms with Gasteiger partial charge < -0.3 is 15.2 Å². The number of benzene rings is 2. The van der Waals surface area contributed by atoms with Crippen LogP contribution < -0.4 is 5.32 Å². The van der Waals surface area contributed by atoms with Crippen molar-refractivity contribution < 1.29 is 9.59 Å². The Bertz CT molecular complexity index is 950. The van der Waals surface area contributed by atoms with Crippen LogP contribution in [0.4, 0.5) is 0 Å². The predicted octanol–water partition coefficient (Wildman–Crippen LogP) is 3.57. The number of fused-ring (bicyclic) bond motifs is 1. The number of para-hydroxylation sites is 1. The van der Waals surface area contributed by atoms with Gasteiger partial charge in [0.15, 0.2) is 0 Å². The molecule has 1 aromatic heterocycles. The Balaban J connectivity index is 1.46. The summed E-state index contributed by atoms with van der Waals surface area (Å²) in [7, 11) is 0. The molecule has 28 heavy (non-hydrogen) atoms. The van der Waals surface area contributed by atoms with Crippen LogP contribution in [0.2, 0.25) is 5.02 Å². The predicted molar refractivity (Wildman–Crippen MR) is 112 cm³/mol. The molecule has 2 aromatic carbocycles. The van der Waals surface area contributed by atoms with Crippen LogP contribution in [0.25, 0.3) is 10.9 Å². The van der Waals surface area contributed by atoms with Crippen molar-refractivity contribution in [2.45, 2.75) is 19.8 Å². The van der Waals surface area contributed by atoms with Crippen LogP contribution in [-0.2, 0) is 22.4 Å². The van der Waals surface area contributed by atoms with Gasteiger partial charge in [0.1, 0.15) is 0 Å². The highest BCUT2D eigenvalue weighted by molar-refractivity contribution is 6.30. The van der Waals surface area contributed by atoms with E-state index in [4.69, 9.17) is 11.6 Å². The number of hydrogen-bond acceptors (Lipinski definition) is 2. The fraction of sp³-hybridized carbons (Fsp3) is 0.273. The molecule has 3 aromatic rings. The summed E-state index contributed by atoms with van der Waals surface area (Å²) in [5, 5.41) is 4.67. The maximum absolute atomic E-state index is 12.3. The summed E-state index contributed by atoms with van der Waals surface area (Å²) in [6.07, 6.45) is 2.94. The van der Waals surface area contributed by atoms with E-state index in [1.54, 1.807) is 11.8 Å². The SMILES string of the molecule is CC(=O)N(CCNC(=O)Cc1c[nH]c2ccccc12)CCc1ccc(Cl)cc1. The summed E-state index contributed by atoms with van der Waals surface area (Å²) >= 11 is 5.90. The lowest BCUT2D eigenvalue weighted by Crippen LogP contribution is -2.39. The highest BCUT2D eigenvalue weighted by atomic mass is 35.5. The number of aromatic nitrogens is 1. The largest absolute Gasteiger partial charge is 0.361 e. The van der Waals surface area contributed by atoms with Gasteiger partial charge in [0.2, 0.25) is 11.8 Å². The van der Waals surface area contributed by atoms with Gasteiger partial charge in [-0.3, -0.25) is 9.59 Å². The number of H-pyrrole nitrogens is 1. The van der Waals surface area contributed by atoms with Gasteiger partial charge in [-0.1, -0.05) is 41.9 Å². The first-order valence-electron chi connectivity index (χ1n) is 9.34. The standard InChI is InChI=1S/C22H24ClN3O2/c1-16(27)26(12-10-17-6-8-19(23)9-7-17)13-11-24-22(28)14-18-15-25-21-5-3-2-4-20(18)21/h2-9,15,25H,10-14H2,1H3,(H,24,28). The number of rotatable bonds is 8. The van der Waals surface area contributed by atoms with Crippen molar-refractivity contribution in [3.05, 3.63) is 70.9 Å². The van der Waals surface area contributed by atoms with Crippen molar-refractivity contribution in [1.82, 2.24) is 15.2 Å². The van der Waals surface area contributed by atoms with Gasteiger partial charge in [-0.2, -0.15) is 0 Å². The highest BCUT2D eigenvalue weighted by Gasteiger charge is 2.11. The fourth-order valence-electron chi connectivity index (χ4n) is 3.19. The van der Waals surface area contributed by atoms with Crippen molar-refractivity contribution in [3.8, 4) is 0 Å². The van der Waals surface area contributed by atoms with Gasteiger partial charge >= 0.3 is 0 Å². The Kier molecular flexibility index (Phi) is 6.71. The summed E-state index contributed by atoms with van der Waals surface area (Å²) in [5.74, 6) is -0.0502. The van der Waals surface area contributed by atoms with Crippen molar-refractivity contribution >= 4 is 34.3 Å². The number of amides is 2. The minimum absolute atomic E-state index is 0.000147. The number of hydrogen-bond donors (Lipinski definition) is 2. The van der Waals surface area contributed by atoms with Gasteiger partial charge in [-0.25, -0.2) is 0 Å². The minimum atomic E-state index is -0.0500. The van der Waals surface area contributed by atoms with Gasteiger partial charge in [0.05, 0.1) is 6.42 Å².